The third-order valence-corrected chi connectivity index (χ3v) is 5.44. The lowest BCUT2D eigenvalue weighted by atomic mass is 9.98. The van der Waals surface area contributed by atoms with Crippen molar-refractivity contribution in [3.05, 3.63) is 59.7 Å². The van der Waals surface area contributed by atoms with E-state index in [9.17, 15) is 4.79 Å². The molecule has 1 saturated carbocycles. The van der Waals surface area contributed by atoms with Gasteiger partial charge in [-0.25, -0.2) is 4.79 Å². The second-order valence-electron chi connectivity index (χ2n) is 7.51. The van der Waals surface area contributed by atoms with Gasteiger partial charge >= 0.3 is 5.97 Å². The van der Waals surface area contributed by atoms with Gasteiger partial charge in [-0.15, -0.1) is 0 Å². The maximum atomic E-state index is 11.0. The normalized spacial score (nSPS) is 15.2. The van der Waals surface area contributed by atoms with E-state index in [1.54, 1.807) is 0 Å². The lowest BCUT2D eigenvalue weighted by Gasteiger charge is -2.12. The monoisotopic (exact) mass is 398 g/mol. The number of ether oxygens (including phenoxy) is 3. The van der Waals surface area contributed by atoms with Crippen LogP contribution in [0.1, 0.15) is 49.1 Å². The molecule has 1 fully saturated rings. The molecule has 1 aliphatic rings. The zero-order chi connectivity index (χ0) is 20.5. The van der Waals surface area contributed by atoms with Gasteiger partial charge in [0, 0.05) is 20.0 Å². The standard InChI is InChI=1S/C24H30O5/c1-27-23(24(25)26)17-18-7-11-21(12-8-18)28-15-4-16-29-22-13-9-20(10-14-22)19-5-2-3-6-19/h7-14,19,23H,2-6,15-17H2,1H3,(H,25,26)/t23-/m0/s1. The van der Waals surface area contributed by atoms with Crippen molar-refractivity contribution < 1.29 is 24.1 Å². The van der Waals surface area contributed by atoms with Crippen molar-refractivity contribution in [1.29, 1.82) is 0 Å². The Balaban J connectivity index is 1.34. The first-order chi connectivity index (χ1) is 14.2. The fourth-order valence-corrected chi connectivity index (χ4v) is 3.74. The molecule has 0 radical (unpaired) electrons. The molecule has 0 spiro atoms. The number of carboxylic acid groups (broad SMARTS) is 1. The number of benzene rings is 2. The third kappa shape index (κ3) is 6.50. The minimum atomic E-state index is -0.957. The van der Waals surface area contributed by atoms with Crippen LogP contribution >= 0.6 is 0 Å². The predicted octanol–water partition coefficient (Wildman–Crippen LogP) is 4.83. The Morgan fingerprint density at radius 3 is 2.03 bits per heavy atom. The summed E-state index contributed by atoms with van der Waals surface area (Å²) in [5, 5.41) is 9.04. The molecule has 156 valence electrons. The van der Waals surface area contributed by atoms with Crippen molar-refractivity contribution in [3.63, 3.8) is 0 Å². The van der Waals surface area contributed by atoms with Gasteiger partial charge in [0.25, 0.3) is 0 Å². The summed E-state index contributed by atoms with van der Waals surface area (Å²) in [6.07, 6.45) is 5.61. The van der Waals surface area contributed by atoms with Crippen LogP contribution in [0, 0.1) is 0 Å². The van der Waals surface area contributed by atoms with Gasteiger partial charge in [-0.05, 0) is 54.2 Å². The second-order valence-corrected chi connectivity index (χ2v) is 7.51. The van der Waals surface area contributed by atoms with E-state index in [2.05, 4.69) is 24.3 Å². The topological polar surface area (TPSA) is 65.0 Å². The summed E-state index contributed by atoms with van der Waals surface area (Å²) in [6, 6.07) is 16.0. The number of hydrogen-bond donors (Lipinski definition) is 1. The van der Waals surface area contributed by atoms with Gasteiger partial charge in [0.1, 0.15) is 11.5 Å². The van der Waals surface area contributed by atoms with Crippen molar-refractivity contribution in [1.82, 2.24) is 0 Å². The zero-order valence-corrected chi connectivity index (χ0v) is 17.0. The van der Waals surface area contributed by atoms with Gasteiger partial charge in [0.15, 0.2) is 6.10 Å². The number of rotatable bonds is 11. The van der Waals surface area contributed by atoms with Gasteiger partial charge in [0.2, 0.25) is 0 Å². The summed E-state index contributed by atoms with van der Waals surface area (Å²) in [5.74, 6) is 1.44. The first-order valence-corrected chi connectivity index (χ1v) is 10.4. The van der Waals surface area contributed by atoms with E-state index in [-0.39, 0.29) is 0 Å². The Labute approximate surface area is 172 Å². The van der Waals surface area contributed by atoms with Gasteiger partial charge in [-0.1, -0.05) is 37.1 Å². The number of methoxy groups -OCH3 is 1. The highest BCUT2D eigenvalue weighted by Gasteiger charge is 2.17. The first-order valence-electron chi connectivity index (χ1n) is 10.4. The largest absolute Gasteiger partial charge is 0.493 e. The summed E-state index contributed by atoms with van der Waals surface area (Å²) in [7, 11) is 1.41. The molecular weight excluding hydrogens is 368 g/mol. The minimum absolute atomic E-state index is 0.333. The lowest BCUT2D eigenvalue weighted by molar-refractivity contribution is -0.148. The number of aliphatic carboxylic acids is 1. The van der Waals surface area contributed by atoms with E-state index in [1.807, 2.05) is 24.3 Å². The smallest absolute Gasteiger partial charge is 0.333 e. The molecule has 0 bridgehead atoms. The molecule has 1 atom stereocenters. The summed E-state index contributed by atoms with van der Waals surface area (Å²) in [6.45, 7) is 1.17. The van der Waals surface area contributed by atoms with Gasteiger partial charge in [0.05, 0.1) is 13.2 Å². The van der Waals surface area contributed by atoms with Crippen LogP contribution < -0.4 is 9.47 Å². The fourth-order valence-electron chi connectivity index (χ4n) is 3.74. The average molecular weight is 398 g/mol. The van der Waals surface area contributed by atoms with E-state index < -0.39 is 12.1 Å². The Morgan fingerprint density at radius 2 is 1.52 bits per heavy atom. The molecule has 3 rings (SSSR count). The number of hydrogen-bond acceptors (Lipinski definition) is 4. The van der Waals surface area contributed by atoms with Crippen molar-refractivity contribution in [2.24, 2.45) is 0 Å². The average Bonchev–Trinajstić information content (AvgIpc) is 3.28. The highest BCUT2D eigenvalue weighted by Crippen LogP contribution is 2.34. The maximum Gasteiger partial charge on any atom is 0.333 e. The first kappa shape index (κ1) is 21.2. The molecule has 5 heteroatoms. The molecule has 2 aromatic rings. The molecule has 0 amide bonds. The molecule has 29 heavy (non-hydrogen) atoms. The van der Waals surface area contributed by atoms with Crippen LogP contribution in [0.5, 0.6) is 11.5 Å². The molecule has 0 aliphatic heterocycles. The molecule has 0 aromatic heterocycles. The van der Waals surface area contributed by atoms with Crippen LogP contribution in [-0.4, -0.2) is 37.5 Å². The third-order valence-electron chi connectivity index (χ3n) is 5.44. The molecule has 1 N–H and O–H groups in total. The molecule has 5 nitrogen and oxygen atoms in total. The molecule has 0 heterocycles. The fraction of sp³-hybridized carbons (Fsp3) is 0.458. The van der Waals surface area contributed by atoms with Crippen molar-refractivity contribution >= 4 is 5.97 Å². The highest BCUT2D eigenvalue weighted by molar-refractivity contribution is 5.72. The molecule has 0 saturated heterocycles. The van der Waals surface area contributed by atoms with Crippen molar-refractivity contribution in [2.75, 3.05) is 20.3 Å². The van der Waals surface area contributed by atoms with Crippen LogP contribution in [0.4, 0.5) is 0 Å². The van der Waals surface area contributed by atoms with E-state index in [0.29, 0.717) is 19.6 Å². The molecule has 2 aromatic carbocycles. The van der Waals surface area contributed by atoms with E-state index >= 15 is 0 Å². The summed E-state index contributed by atoms with van der Waals surface area (Å²) >= 11 is 0. The summed E-state index contributed by atoms with van der Waals surface area (Å²) in [5.41, 5.74) is 2.33. The highest BCUT2D eigenvalue weighted by atomic mass is 16.5. The van der Waals surface area contributed by atoms with Crippen LogP contribution in [0.3, 0.4) is 0 Å². The Bertz CT molecular complexity index is 748. The van der Waals surface area contributed by atoms with Crippen LogP contribution in [-0.2, 0) is 16.0 Å². The number of carboxylic acids is 1. The van der Waals surface area contributed by atoms with E-state index in [4.69, 9.17) is 19.3 Å². The van der Waals surface area contributed by atoms with Crippen LogP contribution in [0.15, 0.2) is 48.5 Å². The van der Waals surface area contributed by atoms with Crippen LogP contribution in [0.2, 0.25) is 0 Å². The summed E-state index contributed by atoms with van der Waals surface area (Å²) in [4.78, 5) is 11.0. The Hall–Kier alpha value is -2.53. The molecule has 0 unspecified atom stereocenters. The quantitative estimate of drug-likeness (QED) is 0.549. The Morgan fingerprint density at radius 1 is 0.966 bits per heavy atom. The van der Waals surface area contributed by atoms with Gasteiger partial charge < -0.3 is 19.3 Å². The minimum Gasteiger partial charge on any atom is -0.493 e. The number of carbonyl (C=O) groups is 1. The molecule has 1 aliphatic carbocycles. The van der Waals surface area contributed by atoms with Crippen molar-refractivity contribution in [3.8, 4) is 11.5 Å². The van der Waals surface area contributed by atoms with Crippen LogP contribution in [0.25, 0.3) is 0 Å². The lowest BCUT2D eigenvalue weighted by Crippen LogP contribution is -2.24. The zero-order valence-electron chi connectivity index (χ0n) is 17.0. The second kappa shape index (κ2) is 10.9. The van der Waals surface area contributed by atoms with E-state index in [0.717, 1.165) is 29.4 Å². The predicted molar refractivity (Wildman–Crippen MR) is 112 cm³/mol. The maximum absolute atomic E-state index is 11.0. The summed E-state index contributed by atoms with van der Waals surface area (Å²) < 4.78 is 16.5. The van der Waals surface area contributed by atoms with E-state index in [1.165, 1.54) is 38.4 Å². The van der Waals surface area contributed by atoms with Crippen molar-refractivity contribution in [2.45, 2.75) is 50.5 Å². The van der Waals surface area contributed by atoms with Gasteiger partial charge in [-0.3, -0.25) is 0 Å². The Kier molecular flexibility index (Phi) is 7.94. The van der Waals surface area contributed by atoms with Gasteiger partial charge in [-0.2, -0.15) is 0 Å². The molecular formula is C24H30O5. The SMILES string of the molecule is CO[C@@H](Cc1ccc(OCCCOc2ccc(C3CCCC3)cc2)cc1)C(=O)O.